The van der Waals surface area contributed by atoms with Gasteiger partial charge in [-0.3, -0.25) is 9.59 Å². The second-order valence-electron chi connectivity index (χ2n) is 10.1. The summed E-state index contributed by atoms with van der Waals surface area (Å²) in [5.74, 6) is -1.02. The fourth-order valence-corrected chi connectivity index (χ4v) is 4.90. The second-order valence-corrected chi connectivity index (χ2v) is 10.1. The topological polar surface area (TPSA) is 149 Å². The van der Waals surface area contributed by atoms with Crippen LogP contribution in [0.15, 0.2) is 18.2 Å². The molecule has 10 nitrogen and oxygen atoms in total. The van der Waals surface area contributed by atoms with E-state index in [4.69, 9.17) is 14.6 Å². The van der Waals surface area contributed by atoms with Crippen LogP contribution in [0, 0.1) is 0 Å². The van der Waals surface area contributed by atoms with Gasteiger partial charge in [-0.15, -0.1) is 0 Å². The molecule has 0 saturated carbocycles. The van der Waals surface area contributed by atoms with Crippen molar-refractivity contribution in [1.82, 2.24) is 5.32 Å². The summed E-state index contributed by atoms with van der Waals surface area (Å²) in [7, 11) is 1.32. The summed E-state index contributed by atoms with van der Waals surface area (Å²) in [4.78, 5) is 23.4. The molecule has 1 saturated heterocycles. The highest BCUT2D eigenvalue weighted by Gasteiger charge is 2.44. The van der Waals surface area contributed by atoms with Crippen molar-refractivity contribution in [3.05, 3.63) is 29.3 Å². The Kier molecular flexibility index (Phi) is 9.23. The van der Waals surface area contributed by atoms with Crippen LogP contribution in [0.1, 0.15) is 57.6 Å². The van der Waals surface area contributed by atoms with Gasteiger partial charge >= 0.3 is 5.97 Å². The molecule has 0 unspecified atom stereocenters. The lowest BCUT2D eigenvalue weighted by atomic mass is 9.81. The number of amides is 1. The number of aliphatic hydroxyl groups excluding tert-OH is 3. The standard InChI is InChI=1S/C26H38N2O8/c1-15-26(2,3)17-12-16(9-10-18(17)28(15)11-7-5-6-8-21(30)31)13-20(29)27-14-19-22(32)23(33)24(34)25(35-4)36-19/h9-10,12,19,22-25,32-34H,5-8,11,13-14H2,1-4H3,(H-,27,29,30,31)/p+1/t19-,22-,23+,24-,25+/m1/s1. The van der Waals surface area contributed by atoms with E-state index in [1.54, 1.807) is 0 Å². The molecule has 0 bridgehead atoms. The van der Waals surface area contributed by atoms with Crippen LogP contribution in [0.4, 0.5) is 5.69 Å². The number of fused-ring (bicyclic) bond motifs is 1. The zero-order valence-electron chi connectivity index (χ0n) is 21.4. The fraction of sp³-hybridized carbons (Fsp3) is 0.654. The molecule has 1 fully saturated rings. The molecule has 200 valence electrons. The van der Waals surface area contributed by atoms with Gasteiger partial charge in [0, 0.05) is 45.0 Å². The molecule has 5 N–H and O–H groups in total. The molecule has 0 aromatic heterocycles. The van der Waals surface area contributed by atoms with Gasteiger partial charge in [0.15, 0.2) is 12.0 Å². The molecule has 5 atom stereocenters. The van der Waals surface area contributed by atoms with Crippen molar-refractivity contribution < 1.29 is 44.1 Å². The molecule has 2 aliphatic heterocycles. The van der Waals surface area contributed by atoms with E-state index in [0.29, 0.717) is 6.42 Å². The predicted molar refractivity (Wildman–Crippen MR) is 131 cm³/mol. The first kappa shape index (κ1) is 28.2. The van der Waals surface area contributed by atoms with Crippen LogP contribution in [-0.4, -0.2) is 93.5 Å². The van der Waals surface area contributed by atoms with Crippen molar-refractivity contribution in [2.24, 2.45) is 0 Å². The highest BCUT2D eigenvalue weighted by molar-refractivity contribution is 5.93. The van der Waals surface area contributed by atoms with Crippen LogP contribution in [0.5, 0.6) is 0 Å². The number of aliphatic carboxylic acids is 1. The zero-order valence-corrected chi connectivity index (χ0v) is 21.4. The minimum absolute atomic E-state index is 0.0391. The van der Waals surface area contributed by atoms with Gasteiger partial charge in [-0.05, 0) is 38.3 Å². The molecule has 0 radical (unpaired) electrons. The van der Waals surface area contributed by atoms with Crippen molar-refractivity contribution >= 4 is 23.3 Å². The zero-order chi connectivity index (χ0) is 26.6. The molecule has 0 spiro atoms. The first-order valence-electron chi connectivity index (χ1n) is 12.4. The van der Waals surface area contributed by atoms with Crippen LogP contribution in [0.25, 0.3) is 0 Å². The molecule has 1 aromatic rings. The largest absolute Gasteiger partial charge is 0.481 e. The summed E-state index contributed by atoms with van der Waals surface area (Å²) in [5, 5.41) is 41.6. The average molecular weight is 508 g/mol. The maximum absolute atomic E-state index is 12.7. The van der Waals surface area contributed by atoms with Gasteiger partial charge in [-0.25, -0.2) is 0 Å². The van der Waals surface area contributed by atoms with E-state index in [9.17, 15) is 24.9 Å². The minimum atomic E-state index is -1.44. The van der Waals surface area contributed by atoms with Crippen LogP contribution in [-0.2, 0) is 30.9 Å². The fourth-order valence-electron chi connectivity index (χ4n) is 4.90. The van der Waals surface area contributed by atoms with Gasteiger partial charge in [0.1, 0.15) is 31.0 Å². The molecular weight excluding hydrogens is 468 g/mol. The lowest BCUT2D eigenvalue weighted by Crippen LogP contribution is -2.60. The summed E-state index contributed by atoms with van der Waals surface area (Å²) in [6.07, 6.45) is -3.44. The third kappa shape index (κ3) is 6.12. The van der Waals surface area contributed by atoms with E-state index >= 15 is 0 Å². The average Bonchev–Trinajstić information content (AvgIpc) is 3.02. The van der Waals surface area contributed by atoms with Gasteiger partial charge in [0.2, 0.25) is 11.6 Å². The molecule has 0 aliphatic carbocycles. The van der Waals surface area contributed by atoms with Gasteiger partial charge in [0.25, 0.3) is 0 Å². The van der Waals surface area contributed by atoms with Crippen LogP contribution in [0.3, 0.4) is 0 Å². The Morgan fingerprint density at radius 3 is 2.50 bits per heavy atom. The van der Waals surface area contributed by atoms with E-state index in [0.717, 1.165) is 36.2 Å². The number of carbonyl (C=O) groups is 2. The van der Waals surface area contributed by atoms with E-state index in [-0.39, 0.29) is 30.7 Å². The van der Waals surface area contributed by atoms with Crippen molar-refractivity contribution in [3.63, 3.8) is 0 Å². The molecular formula is C26H39N2O8+. The van der Waals surface area contributed by atoms with Crippen molar-refractivity contribution in [2.45, 2.75) is 89.0 Å². The third-order valence-electron chi connectivity index (χ3n) is 7.37. The summed E-state index contributed by atoms with van der Waals surface area (Å²) < 4.78 is 12.7. The summed E-state index contributed by atoms with van der Waals surface area (Å²) in [6, 6.07) is 6.01. The summed E-state index contributed by atoms with van der Waals surface area (Å²) >= 11 is 0. The smallest absolute Gasteiger partial charge is 0.303 e. The van der Waals surface area contributed by atoms with Gasteiger partial charge < -0.3 is 35.2 Å². The van der Waals surface area contributed by atoms with Crippen LogP contribution in [0.2, 0.25) is 0 Å². The van der Waals surface area contributed by atoms with E-state index in [2.05, 4.69) is 36.7 Å². The molecule has 2 aliphatic rings. The molecule has 1 aromatic carbocycles. The third-order valence-corrected chi connectivity index (χ3v) is 7.37. The number of carbonyl (C=O) groups excluding carboxylic acids is 1. The number of nitrogens with zero attached hydrogens (tertiary/aromatic N) is 1. The lowest BCUT2D eigenvalue weighted by molar-refractivity contribution is -0.439. The maximum atomic E-state index is 12.7. The first-order chi connectivity index (χ1) is 17.0. The van der Waals surface area contributed by atoms with E-state index in [1.165, 1.54) is 12.8 Å². The number of benzene rings is 1. The van der Waals surface area contributed by atoms with Gasteiger partial charge in [-0.2, -0.15) is 4.58 Å². The SMILES string of the molecule is CO[C@H]1O[C@H](CNC(=O)Cc2ccc3c(c2)C(C)(C)C(C)=[N+]3CCCCCC(=O)O)[C@@H](O)[C@H](O)[C@H]1O. The minimum Gasteiger partial charge on any atom is -0.481 e. The van der Waals surface area contributed by atoms with Crippen molar-refractivity contribution in [3.8, 4) is 0 Å². The van der Waals surface area contributed by atoms with Gasteiger partial charge in [-0.1, -0.05) is 6.07 Å². The first-order valence-corrected chi connectivity index (χ1v) is 12.4. The Hall–Kier alpha value is -2.37. The molecule has 36 heavy (non-hydrogen) atoms. The molecule has 10 heteroatoms. The number of nitrogens with one attached hydrogen (secondary N) is 1. The lowest BCUT2D eigenvalue weighted by Gasteiger charge is -2.39. The van der Waals surface area contributed by atoms with Crippen molar-refractivity contribution in [2.75, 3.05) is 20.2 Å². The number of hydrogen-bond acceptors (Lipinski definition) is 7. The number of carboxylic acids is 1. The second kappa shape index (κ2) is 11.8. The highest BCUT2D eigenvalue weighted by atomic mass is 16.7. The Morgan fingerprint density at radius 2 is 1.83 bits per heavy atom. The quantitative estimate of drug-likeness (QED) is 0.219. The number of unbranched alkanes of at least 4 members (excludes halogenated alkanes) is 2. The van der Waals surface area contributed by atoms with E-state index in [1.807, 2.05) is 12.1 Å². The number of ether oxygens (including phenoxy) is 2. The molecule has 2 heterocycles. The Balaban J connectivity index is 1.60. The number of carboxylic acid groups (broad SMARTS) is 1. The summed E-state index contributed by atoms with van der Waals surface area (Å²) in [5.41, 5.74) is 4.12. The van der Waals surface area contributed by atoms with Crippen molar-refractivity contribution in [1.29, 1.82) is 0 Å². The van der Waals surface area contributed by atoms with Crippen LogP contribution >= 0.6 is 0 Å². The maximum Gasteiger partial charge on any atom is 0.303 e. The number of rotatable bonds is 11. The number of hydrogen-bond donors (Lipinski definition) is 5. The normalized spacial score (nSPS) is 27.1. The van der Waals surface area contributed by atoms with Gasteiger partial charge in [0.05, 0.1) is 11.8 Å². The monoisotopic (exact) mass is 507 g/mol. The summed E-state index contributed by atoms with van der Waals surface area (Å²) in [6.45, 7) is 7.20. The predicted octanol–water partition coefficient (Wildman–Crippen LogP) is 0.840. The van der Waals surface area contributed by atoms with Crippen LogP contribution < -0.4 is 5.32 Å². The van der Waals surface area contributed by atoms with E-state index < -0.39 is 36.7 Å². The Labute approximate surface area is 211 Å². The number of aliphatic hydroxyl groups is 3. The Bertz CT molecular complexity index is 990. The number of methoxy groups -OCH3 is 1. The molecule has 1 amide bonds. The molecule has 3 rings (SSSR count). The Morgan fingerprint density at radius 1 is 1.11 bits per heavy atom. The highest BCUT2D eigenvalue weighted by Crippen LogP contribution is 2.40.